The number of hydrogen-bond donors (Lipinski definition) is 2. The van der Waals surface area contributed by atoms with Gasteiger partial charge in [-0.25, -0.2) is 0 Å². The molecule has 4 N–H and O–H groups in total. The van der Waals surface area contributed by atoms with Crippen LogP contribution < -0.4 is 16.4 Å². The predicted octanol–water partition coefficient (Wildman–Crippen LogP) is 1.04. The van der Waals surface area contributed by atoms with Gasteiger partial charge in [0.05, 0.1) is 16.8 Å². The van der Waals surface area contributed by atoms with E-state index in [-0.39, 0.29) is 6.10 Å². The first-order valence-electron chi connectivity index (χ1n) is 5.58. The molecule has 1 aliphatic rings. The zero-order chi connectivity index (χ0) is 12.4. The number of carbonyl (C=O) groups excluding carboxylic acids is 1. The molecule has 1 saturated heterocycles. The summed E-state index contributed by atoms with van der Waals surface area (Å²) in [4.78, 5) is 13.8. The van der Waals surface area contributed by atoms with E-state index in [9.17, 15) is 4.79 Å². The highest BCUT2D eigenvalue weighted by atomic mass is 32.1. The summed E-state index contributed by atoms with van der Waals surface area (Å²) >= 11 is 1.36. The second-order valence-corrected chi connectivity index (χ2v) is 5.21. The number of methoxy groups -OCH3 is 1. The molecule has 6 heteroatoms. The molecule has 17 heavy (non-hydrogen) atoms. The summed E-state index contributed by atoms with van der Waals surface area (Å²) in [5.74, 6) is -0.459. The zero-order valence-electron chi connectivity index (χ0n) is 9.81. The monoisotopic (exact) mass is 255 g/mol. The highest BCUT2D eigenvalue weighted by Crippen LogP contribution is 2.33. The highest BCUT2D eigenvalue weighted by Gasteiger charge is 2.22. The van der Waals surface area contributed by atoms with Crippen LogP contribution in [0.2, 0.25) is 0 Å². The molecular weight excluding hydrogens is 238 g/mol. The van der Waals surface area contributed by atoms with Crippen molar-refractivity contribution >= 4 is 27.9 Å². The van der Waals surface area contributed by atoms with Gasteiger partial charge < -0.3 is 21.1 Å². The van der Waals surface area contributed by atoms with Gasteiger partial charge >= 0.3 is 0 Å². The number of thiophene rings is 1. The molecule has 0 bridgehead atoms. The van der Waals surface area contributed by atoms with Crippen molar-refractivity contribution in [3.05, 3.63) is 10.9 Å². The average Bonchev–Trinajstić information content (AvgIpc) is 2.71. The summed E-state index contributed by atoms with van der Waals surface area (Å²) in [6, 6.07) is 1.82. The lowest BCUT2D eigenvalue weighted by atomic mass is 10.1. The molecule has 5 nitrogen and oxygen atoms in total. The van der Waals surface area contributed by atoms with Gasteiger partial charge in [0.2, 0.25) is 0 Å². The number of nitrogens with zero attached hydrogens (tertiary/aromatic N) is 1. The fourth-order valence-electron chi connectivity index (χ4n) is 2.07. The summed E-state index contributed by atoms with van der Waals surface area (Å²) < 4.78 is 5.37. The van der Waals surface area contributed by atoms with Crippen LogP contribution in [0.25, 0.3) is 0 Å². The Hall–Kier alpha value is -1.27. The molecule has 94 valence electrons. The molecular formula is C11H17N3O2S. The van der Waals surface area contributed by atoms with Crippen molar-refractivity contribution in [1.29, 1.82) is 0 Å². The van der Waals surface area contributed by atoms with Crippen LogP contribution in [0.3, 0.4) is 0 Å². The molecule has 1 aromatic rings. The Balaban J connectivity index is 2.16. The third-order valence-corrected chi connectivity index (χ3v) is 4.22. The van der Waals surface area contributed by atoms with E-state index in [1.54, 1.807) is 7.11 Å². The van der Waals surface area contributed by atoms with Crippen LogP contribution in [-0.2, 0) is 4.74 Å². The van der Waals surface area contributed by atoms with Crippen LogP contribution in [0, 0.1) is 0 Å². The largest absolute Gasteiger partial charge is 0.397 e. The topological polar surface area (TPSA) is 81.6 Å². The number of hydrogen-bond acceptors (Lipinski definition) is 5. The van der Waals surface area contributed by atoms with Crippen LogP contribution in [-0.4, -0.2) is 32.2 Å². The van der Waals surface area contributed by atoms with Crippen LogP contribution in [0.5, 0.6) is 0 Å². The highest BCUT2D eigenvalue weighted by molar-refractivity contribution is 7.18. The first kappa shape index (κ1) is 12.2. The minimum absolute atomic E-state index is 0.254. The van der Waals surface area contributed by atoms with Gasteiger partial charge in [-0.2, -0.15) is 0 Å². The Labute approximate surface area is 104 Å². The average molecular weight is 255 g/mol. The Morgan fingerprint density at radius 1 is 1.65 bits per heavy atom. The quantitative estimate of drug-likeness (QED) is 0.845. The van der Waals surface area contributed by atoms with Gasteiger partial charge in [-0.1, -0.05) is 0 Å². The van der Waals surface area contributed by atoms with Crippen LogP contribution in [0.4, 0.5) is 10.7 Å². The molecule has 1 aromatic heterocycles. The van der Waals surface area contributed by atoms with Crippen LogP contribution >= 0.6 is 11.3 Å². The molecule has 0 saturated carbocycles. The van der Waals surface area contributed by atoms with Gasteiger partial charge in [0.15, 0.2) is 0 Å². The lowest BCUT2D eigenvalue weighted by molar-refractivity contribution is 0.0895. The predicted molar refractivity (Wildman–Crippen MR) is 69.5 cm³/mol. The maximum Gasteiger partial charge on any atom is 0.260 e. The second kappa shape index (κ2) is 4.93. The smallest absolute Gasteiger partial charge is 0.260 e. The second-order valence-electron chi connectivity index (χ2n) is 4.18. The van der Waals surface area contributed by atoms with Crippen molar-refractivity contribution in [2.24, 2.45) is 5.73 Å². The molecule has 0 aromatic carbocycles. The molecule has 1 amide bonds. The minimum atomic E-state index is -0.459. The lowest BCUT2D eigenvalue weighted by Crippen LogP contribution is -2.38. The number of ether oxygens (including phenoxy) is 1. The summed E-state index contributed by atoms with van der Waals surface area (Å²) in [7, 11) is 1.73. The van der Waals surface area contributed by atoms with Crippen molar-refractivity contribution in [2.45, 2.75) is 18.9 Å². The number of piperidine rings is 1. The SMILES string of the molecule is COC1CCCN(c2cc(N)c(C(N)=O)s2)C1. The van der Waals surface area contributed by atoms with Crippen molar-refractivity contribution in [3.63, 3.8) is 0 Å². The van der Waals surface area contributed by atoms with E-state index in [0.29, 0.717) is 10.6 Å². The summed E-state index contributed by atoms with van der Waals surface area (Å²) in [5.41, 5.74) is 11.5. The molecule has 0 spiro atoms. The third kappa shape index (κ3) is 2.53. The van der Waals surface area contributed by atoms with Gasteiger partial charge in [-0.15, -0.1) is 11.3 Å². The van der Waals surface area contributed by atoms with E-state index < -0.39 is 5.91 Å². The molecule has 0 aliphatic carbocycles. The number of primary amides is 1. The minimum Gasteiger partial charge on any atom is -0.397 e. The Morgan fingerprint density at radius 2 is 2.41 bits per heavy atom. The number of amides is 1. The van der Waals surface area contributed by atoms with Crippen LogP contribution in [0.1, 0.15) is 22.5 Å². The van der Waals surface area contributed by atoms with E-state index in [1.165, 1.54) is 11.3 Å². The number of anilines is 2. The van der Waals surface area contributed by atoms with Crippen molar-refractivity contribution in [3.8, 4) is 0 Å². The third-order valence-electron chi connectivity index (χ3n) is 2.99. The fourth-order valence-corrected chi connectivity index (χ4v) is 3.04. The standard InChI is InChI=1S/C11H17N3O2S/c1-16-7-3-2-4-14(6-7)9-5-8(12)10(17-9)11(13)15/h5,7H,2-4,6,12H2,1H3,(H2,13,15). The Bertz CT molecular complexity index is 419. The van der Waals surface area contributed by atoms with Crippen LogP contribution in [0.15, 0.2) is 6.07 Å². The van der Waals surface area contributed by atoms with Gasteiger partial charge in [-0.05, 0) is 18.9 Å². The number of nitrogen functional groups attached to an aromatic ring is 1. The summed E-state index contributed by atoms with van der Waals surface area (Å²) in [6.45, 7) is 1.81. The lowest BCUT2D eigenvalue weighted by Gasteiger charge is -2.32. The molecule has 2 rings (SSSR count). The van der Waals surface area contributed by atoms with Crippen molar-refractivity contribution in [2.75, 3.05) is 30.8 Å². The maximum absolute atomic E-state index is 11.1. The molecule has 0 radical (unpaired) electrons. The summed E-state index contributed by atoms with van der Waals surface area (Å²) in [6.07, 6.45) is 2.42. The normalized spacial score (nSPS) is 20.5. The van der Waals surface area contributed by atoms with Gasteiger partial charge in [-0.3, -0.25) is 4.79 Å². The van der Waals surface area contributed by atoms with E-state index in [2.05, 4.69) is 4.90 Å². The Morgan fingerprint density at radius 3 is 3.00 bits per heavy atom. The number of nitrogens with two attached hydrogens (primary N) is 2. The maximum atomic E-state index is 11.1. The van der Waals surface area contributed by atoms with Gasteiger partial charge in [0.25, 0.3) is 5.91 Å². The number of rotatable bonds is 3. The van der Waals surface area contributed by atoms with E-state index in [4.69, 9.17) is 16.2 Å². The van der Waals surface area contributed by atoms with Crippen molar-refractivity contribution < 1.29 is 9.53 Å². The van der Waals surface area contributed by atoms with Gasteiger partial charge in [0.1, 0.15) is 4.88 Å². The van der Waals surface area contributed by atoms with E-state index >= 15 is 0 Å². The Kier molecular flexibility index (Phi) is 3.54. The van der Waals surface area contributed by atoms with E-state index in [0.717, 1.165) is 30.9 Å². The van der Waals surface area contributed by atoms with Gasteiger partial charge in [0, 0.05) is 20.2 Å². The van der Waals surface area contributed by atoms with E-state index in [1.807, 2.05) is 6.07 Å². The fraction of sp³-hybridized carbons (Fsp3) is 0.545. The molecule has 1 fully saturated rings. The first-order valence-corrected chi connectivity index (χ1v) is 6.40. The molecule has 1 atom stereocenters. The first-order chi connectivity index (χ1) is 8.11. The molecule has 2 heterocycles. The number of carbonyl (C=O) groups is 1. The zero-order valence-corrected chi connectivity index (χ0v) is 10.6. The van der Waals surface area contributed by atoms with Crippen molar-refractivity contribution in [1.82, 2.24) is 0 Å². The molecule has 1 unspecified atom stereocenters. The molecule has 1 aliphatic heterocycles. The summed E-state index contributed by atoms with van der Waals surface area (Å²) in [5, 5.41) is 0.998.